The summed E-state index contributed by atoms with van der Waals surface area (Å²) in [5.41, 5.74) is 6.62. The molecule has 38 heavy (non-hydrogen) atoms. The van der Waals surface area contributed by atoms with Gasteiger partial charge in [-0.3, -0.25) is 9.59 Å². The number of nitrogens with zero attached hydrogens (tertiary/aromatic N) is 2. The SMILES string of the molecule is C[C@@H](CC(N)=O)[C@@H]1CC[C@@H](Nc2ncnc3[nH]cc(C(=O)c4ccc(Oc5ccccc5)cc4Cl)c23)CO1. The second-order valence-corrected chi connectivity index (χ2v) is 9.88. The molecule has 2 aromatic carbocycles. The molecule has 0 bridgehead atoms. The van der Waals surface area contributed by atoms with Crippen LogP contribution in [0.3, 0.4) is 0 Å². The molecule has 2 aromatic heterocycles. The number of halogens is 1. The largest absolute Gasteiger partial charge is 0.457 e. The van der Waals surface area contributed by atoms with Gasteiger partial charge in [-0.1, -0.05) is 36.7 Å². The number of primary amides is 1. The number of hydrogen-bond donors (Lipinski definition) is 3. The Balaban J connectivity index is 1.33. The summed E-state index contributed by atoms with van der Waals surface area (Å²) >= 11 is 6.52. The maximum absolute atomic E-state index is 13.6. The number of fused-ring (bicyclic) bond motifs is 1. The fraction of sp³-hybridized carbons (Fsp3) is 0.286. The Morgan fingerprint density at radius 3 is 2.68 bits per heavy atom. The average Bonchev–Trinajstić information content (AvgIpc) is 3.34. The van der Waals surface area contributed by atoms with E-state index in [0.717, 1.165) is 12.8 Å². The zero-order chi connectivity index (χ0) is 26.6. The molecule has 4 N–H and O–H groups in total. The minimum Gasteiger partial charge on any atom is -0.457 e. The maximum atomic E-state index is 13.6. The van der Waals surface area contributed by atoms with E-state index >= 15 is 0 Å². The molecule has 1 aliphatic heterocycles. The van der Waals surface area contributed by atoms with E-state index in [1.54, 1.807) is 24.4 Å². The highest BCUT2D eigenvalue weighted by molar-refractivity contribution is 6.35. The van der Waals surface area contributed by atoms with Gasteiger partial charge in [-0.2, -0.15) is 0 Å². The lowest BCUT2D eigenvalue weighted by Crippen LogP contribution is -2.38. The first-order valence-electron chi connectivity index (χ1n) is 12.4. The Bertz CT molecular complexity index is 1450. The third kappa shape index (κ3) is 5.64. The number of benzene rings is 2. The molecule has 3 heterocycles. The Hall–Kier alpha value is -3.95. The van der Waals surface area contributed by atoms with Gasteiger partial charge in [0.2, 0.25) is 5.91 Å². The van der Waals surface area contributed by atoms with Gasteiger partial charge in [-0.15, -0.1) is 0 Å². The summed E-state index contributed by atoms with van der Waals surface area (Å²) in [5.74, 6) is 1.22. The first kappa shape index (κ1) is 25.7. The summed E-state index contributed by atoms with van der Waals surface area (Å²) in [6, 6.07) is 14.3. The first-order chi connectivity index (χ1) is 18.4. The molecule has 10 heteroatoms. The number of H-pyrrole nitrogens is 1. The minimum atomic E-state index is -0.326. The van der Waals surface area contributed by atoms with E-state index in [0.29, 0.717) is 52.5 Å². The van der Waals surface area contributed by atoms with Gasteiger partial charge in [-0.05, 0) is 43.0 Å². The zero-order valence-corrected chi connectivity index (χ0v) is 21.6. The topological polar surface area (TPSA) is 132 Å². The summed E-state index contributed by atoms with van der Waals surface area (Å²) < 4.78 is 11.9. The van der Waals surface area contributed by atoms with Crippen molar-refractivity contribution in [3.8, 4) is 11.5 Å². The highest BCUT2D eigenvalue weighted by Crippen LogP contribution is 2.32. The molecule has 0 radical (unpaired) electrons. The Kier molecular flexibility index (Phi) is 7.57. The van der Waals surface area contributed by atoms with Crippen LogP contribution >= 0.6 is 11.6 Å². The lowest BCUT2D eigenvalue weighted by Gasteiger charge is -2.33. The number of aromatic amines is 1. The molecule has 1 amide bonds. The van der Waals surface area contributed by atoms with Gasteiger partial charge in [0.05, 0.1) is 34.7 Å². The van der Waals surface area contributed by atoms with Crippen LogP contribution in [0.5, 0.6) is 11.5 Å². The van der Waals surface area contributed by atoms with Crippen molar-refractivity contribution < 1.29 is 19.1 Å². The zero-order valence-electron chi connectivity index (χ0n) is 20.8. The number of ether oxygens (including phenoxy) is 2. The predicted molar refractivity (Wildman–Crippen MR) is 145 cm³/mol. The Morgan fingerprint density at radius 2 is 1.97 bits per heavy atom. The second-order valence-electron chi connectivity index (χ2n) is 9.47. The molecule has 9 nitrogen and oxygen atoms in total. The molecule has 1 saturated heterocycles. The number of amides is 1. The lowest BCUT2D eigenvalue weighted by molar-refractivity contribution is -0.120. The maximum Gasteiger partial charge on any atom is 0.217 e. The van der Waals surface area contributed by atoms with E-state index in [2.05, 4.69) is 20.3 Å². The van der Waals surface area contributed by atoms with Crippen molar-refractivity contribution in [2.45, 2.75) is 38.3 Å². The van der Waals surface area contributed by atoms with Gasteiger partial charge in [0.15, 0.2) is 5.78 Å². The van der Waals surface area contributed by atoms with E-state index in [-0.39, 0.29) is 34.8 Å². The molecule has 0 aliphatic carbocycles. The summed E-state index contributed by atoms with van der Waals surface area (Å²) in [5, 5.41) is 4.28. The number of rotatable bonds is 9. The molecular formula is C28H28ClN5O4. The molecule has 4 aromatic rings. The van der Waals surface area contributed by atoms with Crippen LogP contribution in [0.25, 0.3) is 11.0 Å². The highest BCUT2D eigenvalue weighted by atomic mass is 35.5. The van der Waals surface area contributed by atoms with E-state index < -0.39 is 0 Å². The summed E-state index contributed by atoms with van der Waals surface area (Å²) in [7, 11) is 0. The van der Waals surface area contributed by atoms with Crippen molar-refractivity contribution >= 4 is 40.1 Å². The predicted octanol–water partition coefficient (Wildman–Crippen LogP) is 5.11. The van der Waals surface area contributed by atoms with Crippen LogP contribution in [0.4, 0.5) is 5.82 Å². The molecule has 1 aliphatic rings. The van der Waals surface area contributed by atoms with Crippen molar-refractivity contribution in [2.75, 3.05) is 11.9 Å². The molecular weight excluding hydrogens is 506 g/mol. The number of carbonyl (C=O) groups is 2. The Morgan fingerprint density at radius 1 is 1.16 bits per heavy atom. The molecule has 1 fully saturated rings. The number of aromatic nitrogens is 3. The van der Waals surface area contributed by atoms with Crippen molar-refractivity contribution in [3.63, 3.8) is 0 Å². The van der Waals surface area contributed by atoms with E-state index in [1.165, 1.54) is 6.33 Å². The van der Waals surface area contributed by atoms with E-state index in [1.807, 2.05) is 37.3 Å². The number of carbonyl (C=O) groups excluding carboxylic acids is 2. The van der Waals surface area contributed by atoms with Crippen molar-refractivity contribution in [2.24, 2.45) is 11.7 Å². The fourth-order valence-electron chi connectivity index (χ4n) is 4.74. The molecule has 5 rings (SSSR count). The van der Waals surface area contributed by atoms with Gasteiger partial charge in [-0.25, -0.2) is 9.97 Å². The molecule has 0 spiro atoms. The van der Waals surface area contributed by atoms with Crippen molar-refractivity contribution in [1.82, 2.24) is 15.0 Å². The number of anilines is 1. The van der Waals surface area contributed by atoms with Crippen LogP contribution in [0.2, 0.25) is 5.02 Å². The van der Waals surface area contributed by atoms with Crippen molar-refractivity contribution in [3.05, 3.63) is 77.2 Å². The first-order valence-corrected chi connectivity index (χ1v) is 12.8. The molecule has 0 saturated carbocycles. The highest BCUT2D eigenvalue weighted by Gasteiger charge is 2.28. The number of nitrogens with one attached hydrogen (secondary N) is 2. The standard InChI is InChI=1S/C28H28ClN5O4/c1-16(11-24(30)35)23-10-7-17(14-37-23)34-28-25-21(13-31-27(25)32-15-33-28)26(36)20-9-8-19(12-22(20)29)38-18-5-3-2-4-6-18/h2-6,8-9,12-13,15-17,23H,7,10-11,14H2,1H3,(H2,30,35)(H2,31,32,33,34)/t16-,17+,23-/m0/s1. The normalized spacial score (nSPS) is 18.2. The van der Waals surface area contributed by atoms with Gasteiger partial charge < -0.3 is 25.5 Å². The fourth-order valence-corrected chi connectivity index (χ4v) is 5.00. The van der Waals surface area contributed by atoms with Crippen LogP contribution in [0.15, 0.2) is 61.1 Å². The van der Waals surface area contributed by atoms with Crippen molar-refractivity contribution in [1.29, 1.82) is 0 Å². The minimum absolute atomic E-state index is 0.0130. The average molecular weight is 534 g/mol. The van der Waals surface area contributed by atoms with Gasteiger partial charge >= 0.3 is 0 Å². The van der Waals surface area contributed by atoms with Crippen LogP contribution in [0, 0.1) is 5.92 Å². The monoisotopic (exact) mass is 533 g/mol. The van der Waals surface area contributed by atoms with Gasteiger partial charge in [0.1, 0.15) is 29.3 Å². The molecule has 0 unspecified atom stereocenters. The molecule has 196 valence electrons. The van der Waals surface area contributed by atoms with Crippen LogP contribution < -0.4 is 15.8 Å². The summed E-state index contributed by atoms with van der Waals surface area (Å²) in [4.78, 5) is 36.6. The molecule has 3 atom stereocenters. The summed E-state index contributed by atoms with van der Waals surface area (Å²) in [6.45, 7) is 2.42. The van der Waals surface area contributed by atoms with E-state index in [4.69, 9.17) is 26.8 Å². The Labute approximate surface area is 224 Å². The second kappa shape index (κ2) is 11.2. The third-order valence-corrected chi connectivity index (χ3v) is 7.00. The summed E-state index contributed by atoms with van der Waals surface area (Å²) in [6.07, 6.45) is 4.95. The van der Waals surface area contributed by atoms with Gasteiger partial charge in [0.25, 0.3) is 0 Å². The number of para-hydroxylation sites is 1. The van der Waals surface area contributed by atoms with Crippen LogP contribution in [-0.2, 0) is 9.53 Å². The smallest absolute Gasteiger partial charge is 0.217 e. The number of nitrogens with two attached hydrogens (primary N) is 1. The quantitative estimate of drug-likeness (QED) is 0.255. The third-order valence-electron chi connectivity index (χ3n) is 6.69. The van der Waals surface area contributed by atoms with Gasteiger partial charge in [0, 0.05) is 24.2 Å². The van der Waals surface area contributed by atoms with Crippen LogP contribution in [0.1, 0.15) is 42.1 Å². The number of ketones is 1. The van der Waals surface area contributed by atoms with Crippen LogP contribution in [-0.4, -0.2) is 45.4 Å². The lowest BCUT2D eigenvalue weighted by atomic mass is 9.93. The van der Waals surface area contributed by atoms with E-state index in [9.17, 15) is 9.59 Å². The number of hydrogen-bond acceptors (Lipinski definition) is 7.